The van der Waals surface area contributed by atoms with E-state index in [2.05, 4.69) is 39.5 Å². The Bertz CT molecular complexity index is 2420. The van der Waals surface area contributed by atoms with Crippen LogP contribution in [0.15, 0.2) is 128 Å². The second-order valence-corrected chi connectivity index (χ2v) is 20.1. The smallest absolute Gasteiger partial charge is 0.462 e. The SMILES string of the molecule is C=C(C)C(=O)OCCCc1ccc(OP(=O)(Oc2ccc(CCCOC(=O)C(=C)C)cc2CCCOC(=O)C(=C)C)Oc2ccc(CCCOC(=O)C(=C)C)cc2CCCOC(=O)C(=C)C)c(CCCOC(=O)C(=C)C)c1. The molecule has 0 aliphatic rings. The first-order valence-corrected chi connectivity index (χ1v) is 26.9. The number of phosphoric acid groups is 1. The van der Waals surface area contributed by atoms with Gasteiger partial charge in [-0.3, -0.25) is 0 Å². The summed E-state index contributed by atoms with van der Waals surface area (Å²) in [5.41, 5.74) is 5.83. The van der Waals surface area contributed by atoms with E-state index in [0.29, 0.717) is 74.5 Å². The largest absolute Gasteiger partial charge is 0.647 e. The van der Waals surface area contributed by atoms with Gasteiger partial charge in [-0.2, -0.15) is 4.57 Å². The molecule has 77 heavy (non-hydrogen) atoms. The molecule has 3 aromatic rings. The lowest BCUT2D eigenvalue weighted by atomic mass is 10.0. The van der Waals surface area contributed by atoms with E-state index < -0.39 is 43.6 Å². The molecule has 16 nitrogen and oxygen atoms in total. The minimum Gasteiger partial charge on any atom is -0.462 e. The zero-order valence-electron chi connectivity index (χ0n) is 45.6. The Balaban J connectivity index is 2.19. The third-order valence-electron chi connectivity index (χ3n) is 11.1. The number of ether oxygens (including phenoxy) is 6. The number of phosphoric ester groups is 1. The summed E-state index contributed by atoms with van der Waals surface area (Å²) in [5.74, 6) is -2.71. The highest BCUT2D eigenvalue weighted by atomic mass is 31.2. The lowest BCUT2D eigenvalue weighted by molar-refractivity contribution is -0.139. The standard InChI is InChI=1S/C60H75O16P/c1-40(2)55(61)68-31-13-19-46-25-28-52(49(37-46)22-16-34-71-58(64)43(7)8)74-77(67,75-53-29-26-47(20-14-32-69-56(62)41(3)4)38-50(53)23-17-35-72-59(65)44(9)10)76-54-30-27-48(21-15-33-70-57(63)42(5)6)39-51(54)24-18-36-73-60(66)45(11)12/h25-30,37-39H,1,3,5,7,9,11,13-24,31-36H2,2,4,6,8,10,12H3. The monoisotopic (exact) mass is 1080 g/mol. The molecule has 0 aliphatic carbocycles. The van der Waals surface area contributed by atoms with Crippen LogP contribution in [0.4, 0.5) is 0 Å². The summed E-state index contributed by atoms with van der Waals surface area (Å²) >= 11 is 0. The van der Waals surface area contributed by atoms with Gasteiger partial charge in [-0.05, 0) is 170 Å². The second kappa shape index (κ2) is 32.9. The molecule has 0 atom stereocenters. The normalized spacial score (nSPS) is 10.8. The van der Waals surface area contributed by atoms with E-state index in [9.17, 15) is 28.8 Å². The lowest BCUT2D eigenvalue weighted by Crippen LogP contribution is -2.13. The third-order valence-corrected chi connectivity index (χ3v) is 12.4. The number of aryl methyl sites for hydroxylation is 6. The summed E-state index contributed by atoms with van der Waals surface area (Å²) in [4.78, 5) is 73.1. The van der Waals surface area contributed by atoms with Gasteiger partial charge in [0.15, 0.2) is 0 Å². The van der Waals surface area contributed by atoms with Crippen molar-refractivity contribution < 1.29 is 75.3 Å². The van der Waals surface area contributed by atoms with Gasteiger partial charge in [0.2, 0.25) is 0 Å². The van der Waals surface area contributed by atoms with E-state index >= 15 is 4.57 Å². The van der Waals surface area contributed by atoms with Crippen molar-refractivity contribution in [1.82, 2.24) is 0 Å². The minimum atomic E-state index is -4.84. The molecule has 0 aromatic heterocycles. The maximum Gasteiger partial charge on any atom is 0.647 e. The summed E-state index contributed by atoms with van der Waals surface area (Å²) in [6.45, 7) is 31.8. The Morgan fingerprint density at radius 1 is 0.338 bits per heavy atom. The number of carbonyl (C=O) groups excluding carboxylic acids is 6. The molecule has 0 saturated carbocycles. The second-order valence-electron chi connectivity index (χ2n) is 18.7. The number of rotatable bonds is 36. The fourth-order valence-corrected chi connectivity index (χ4v) is 8.35. The lowest BCUT2D eigenvalue weighted by Gasteiger charge is -2.24. The topological polar surface area (TPSA) is 203 Å². The molecular formula is C60H75O16P. The molecular weight excluding hydrogens is 1010 g/mol. The fourth-order valence-electron chi connectivity index (χ4n) is 6.98. The van der Waals surface area contributed by atoms with Crippen LogP contribution in [0.25, 0.3) is 0 Å². The summed E-state index contributed by atoms with van der Waals surface area (Å²) < 4.78 is 67.5. The predicted octanol–water partition coefficient (Wildman–Crippen LogP) is 11.6. The molecule has 0 bridgehead atoms. The van der Waals surface area contributed by atoms with E-state index in [4.69, 9.17) is 42.0 Å². The highest BCUT2D eigenvalue weighted by Gasteiger charge is 2.36. The first-order valence-electron chi connectivity index (χ1n) is 25.5. The third kappa shape index (κ3) is 24.0. The van der Waals surface area contributed by atoms with Crippen molar-refractivity contribution in [2.75, 3.05) is 39.6 Å². The van der Waals surface area contributed by atoms with Gasteiger partial charge in [-0.15, -0.1) is 0 Å². The van der Waals surface area contributed by atoms with Crippen molar-refractivity contribution in [3.63, 3.8) is 0 Å². The maximum absolute atomic E-state index is 15.8. The van der Waals surface area contributed by atoms with Gasteiger partial charge in [0.05, 0.1) is 39.6 Å². The average molecular weight is 1080 g/mol. The van der Waals surface area contributed by atoms with Crippen LogP contribution in [0.3, 0.4) is 0 Å². The number of hydrogen-bond acceptors (Lipinski definition) is 16. The number of benzene rings is 3. The van der Waals surface area contributed by atoms with Crippen LogP contribution in [0, 0.1) is 0 Å². The minimum absolute atomic E-state index is 0.0400. The van der Waals surface area contributed by atoms with Crippen molar-refractivity contribution >= 4 is 43.6 Å². The average Bonchev–Trinajstić information content (AvgIpc) is 3.37. The summed E-state index contributed by atoms with van der Waals surface area (Å²) in [7, 11) is -4.84. The van der Waals surface area contributed by atoms with E-state index in [-0.39, 0.29) is 110 Å². The number of hydrogen-bond donors (Lipinski definition) is 0. The molecule has 0 spiro atoms. The Hall–Kier alpha value is -7.45. The highest BCUT2D eigenvalue weighted by molar-refractivity contribution is 7.49. The van der Waals surface area contributed by atoms with Gasteiger partial charge in [-0.25, -0.2) is 28.8 Å². The Labute approximate surface area is 453 Å². The van der Waals surface area contributed by atoms with Crippen molar-refractivity contribution in [2.24, 2.45) is 0 Å². The first-order chi connectivity index (χ1) is 36.5. The molecule has 0 amide bonds. The van der Waals surface area contributed by atoms with Gasteiger partial charge in [-0.1, -0.05) is 75.9 Å². The van der Waals surface area contributed by atoms with E-state index in [1.54, 1.807) is 77.9 Å². The highest BCUT2D eigenvalue weighted by Crippen LogP contribution is 2.52. The summed E-state index contributed by atoms with van der Waals surface area (Å²) in [6, 6.07) is 15.9. The molecule has 416 valence electrons. The Kier molecular flexibility index (Phi) is 27.3. The van der Waals surface area contributed by atoms with Crippen LogP contribution in [0.2, 0.25) is 0 Å². The molecule has 0 N–H and O–H groups in total. The van der Waals surface area contributed by atoms with Crippen LogP contribution in [0.5, 0.6) is 17.2 Å². The van der Waals surface area contributed by atoms with Gasteiger partial charge >= 0.3 is 43.6 Å². The zero-order valence-corrected chi connectivity index (χ0v) is 46.5. The number of carbonyl (C=O) groups is 6. The maximum atomic E-state index is 15.8. The van der Waals surface area contributed by atoms with Gasteiger partial charge in [0.25, 0.3) is 0 Å². The van der Waals surface area contributed by atoms with Gasteiger partial charge in [0.1, 0.15) is 17.2 Å². The van der Waals surface area contributed by atoms with Crippen LogP contribution in [0.1, 0.15) is 113 Å². The Morgan fingerprint density at radius 3 is 0.727 bits per heavy atom. The van der Waals surface area contributed by atoms with E-state index in [1.165, 1.54) is 0 Å². The molecule has 3 rings (SSSR count). The summed E-state index contributed by atoms with van der Waals surface area (Å²) in [6.07, 6.45) is 4.79. The molecule has 0 saturated heterocycles. The quantitative estimate of drug-likeness (QED) is 0.0175. The van der Waals surface area contributed by atoms with Crippen LogP contribution in [-0.2, 0) is 100 Å². The molecule has 0 radical (unpaired) electrons. The fraction of sp³-hybridized carbons (Fsp3) is 0.400. The molecule has 3 aromatic carbocycles. The van der Waals surface area contributed by atoms with Crippen molar-refractivity contribution in [1.29, 1.82) is 0 Å². The number of esters is 6. The first kappa shape index (κ1) is 63.8. The van der Waals surface area contributed by atoms with Crippen molar-refractivity contribution in [3.8, 4) is 17.2 Å². The van der Waals surface area contributed by atoms with Crippen molar-refractivity contribution in [2.45, 2.75) is 119 Å². The molecule has 0 unspecified atom stereocenters. The molecule has 17 heteroatoms. The molecule has 0 aliphatic heterocycles. The van der Waals surface area contributed by atoms with E-state index in [1.807, 2.05) is 18.2 Å². The predicted molar refractivity (Wildman–Crippen MR) is 293 cm³/mol. The Morgan fingerprint density at radius 2 is 0.532 bits per heavy atom. The van der Waals surface area contributed by atoms with Gasteiger partial charge in [0, 0.05) is 33.4 Å². The summed E-state index contributed by atoms with van der Waals surface area (Å²) in [5, 5.41) is 0. The van der Waals surface area contributed by atoms with Gasteiger partial charge < -0.3 is 42.0 Å². The zero-order chi connectivity index (χ0) is 57.1. The van der Waals surface area contributed by atoms with Crippen LogP contribution >= 0.6 is 7.82 Å². The van der Waals surface area contributed by atoms with E-state index in [0.717, 1.165) is 16.7 Å². The molecule has 0 fully saturated rings. The van der Waals surface area contributed by atoms with Crippen LogP contribution < -0.4 is 13.6 Å². The van der Waals surface area contributed by atoms with Crippen molar-refractivity contribution in [3.05, 3.63) is 161 Å². The molecule has 0 heterocycles. The van der Waals surface area contributed by atoms with Crippen LogP contribution in [-0.4, -0.2) is 75.5 Å².